The van der Waals surface area contributed by atoms with Gasteiger partial charge in [-0.3, -0.25) is 0 Å². The predicted octanol–water partition coefficient (Wildman–Crippen LogP) is 0.755. The number of benzene rings is 1. The third kappa shape index (κ3) is 5.52. The lowest BCUT2D eigenvalue weighted by Crippen LogP contribution is -2.30. The molecule has 5 nitrogen and oxygen atoms in total. The van der Waals surface area contributed by atoms with Crippen LogP contribution in [-0.2, 0) is 0 Å². The Balaban J connectivity index is 2.59. The molecule has 20 heavy (non-hydrogen) atoms. The highest BCUT2D eigenvalue weighted by Gasteiger charge is 2.10. The average Bonchev–Trinajstić information content (AvgIpc) is 2.41. The number of carbonyl (C=O) groups is 1. The maximum Gasteiger partial charge on any atom is 0.312 e. The normalized spacial score (nSPS) is 10.7. The van der Waals surface area contributed by atoms with Crippen LogP contribution in [0.4, 0.5) is 4.79 Å². The van der Waals surface area contributed by atoms with Crippen molar-refractivity contribution in [1.82, 2.24) is 5.32 Å². The first kappa shape index (κ1) is 16.4. The van der Waals surface area contributed by atoms with Gasteiger partial charge in [-0.05, 0) is 31.5 Å². The monoisotopic (exact) mass is 296 g/mol. The molecule has 1 rings (SSSR count). The number of urea groups is 1. The Morgan fingerprint density at radius 3 is 2.70 bits per heavy atom. The summed E-state index contributed by atoms with van der Waals surface area (Å²) in [5.74, 6) is 1.72. The highest BCUT2D eigenvalue weighted by molar-refractivity contribution is 6.54. The molecule has 0 spiro atoms. The fourth-order valence-corrected chi connectivity index (χ4v) is 3.67. The molecule has 1 aromatic carbocycles. The van der Waals surface area contributed by atoms with E-state index in [1.807, 2.05) is 26.0 Å². The molecule has 0 radical (unpaired) electrons. The summed E-state index contributed by atoms with van der Waals surface area (Å²) in [5.41, 5.74) is 5.03. The van der Waals surface area contributed by atoms with E-state index in [0.717, 1.165) is 24.0 Å². The third-order valence-electron chi connectivity index (χ3n) is 2.82. The van der Waals surface area contributed by atoms with Gasteiger partial charge in [0, 0.05) is 6.54 Å². The summed E-state index contributed by atoms with van der Waals surface area (Å²) < 4.78 is 11.3. The quantitative estimate of drug-likeness (QED) is 0.522. The van der Waals surface area contributed by atoms with Crippen molar-refractivity contribution in [2.45, 2.75) is 26.3 Å². The van der Waals surface area contributed by atoms with Gasteiger partial charge in [-0.1, -0.05) is 18.2 Å². The molecule has 1 aromatic rings. The van der Waals surface area contributed by atoms with Crippen molar-refractivity contribution >= 4 is 20.7 Å². The average molecular weight is 296 g/mol. The number of amides is 2. The predicted molar refractivity (Wildman–Crippen MR) is 84.0 cm³/mol. The standard InChI is InChI=1S/C14H24N2O3Si/c1-3-18-11-7-5-8-12(13(11)19-4-2)20-10-6-9-16-14(15)17/h5,7-8H,3-4,6,9-10,20H2,1-2H3,(H3,15,16,17). The lowest BCUT2D eigenvalue weighted by Gasteiger charge is -2.15. The first-order chi connectivity index (χ1) is 9.69. The molecule has 112 valence electrons. The number of carbonyl (C=O) groups excluding carboxylic acids is 1. The zero-order valence-electron chi connectivity index (χ0n) is 12.3. The molecule has 0 heterocycles. The Kier molecular flexibility index (Phi) is 7.57. The summed E-state index contributed by atoms with van der Waals surface area (Å²) in [6.07, 6.45) is 0.944. The van der Waals surface area contributed by atoms with Crippen LogP contribution in [0.25, 0.3) is 0 Å². The zero-order chi connectivity index (χ0) is 14.8. The van der Waals surface area contributed by atoms with Gasteiger partial charge in [-0.2, -0.15) is 0 Å². The fourth-order valence-electron chi connectivity index (χ4n) is 1.99. The summed E-state index contributed by atoms with van der Waals surface area (Å²) in [7, 11) is -0.441. The number of ether oxygens (including phenoxy) is 2. The Labute approximate surface area is 122 Å². The first-order valence-corrected chi connectivity index (χ1v) is 8.80. The second-order valence-corrected chi connectivity index (χ2v) is 6.33. The van der Waals surface area contributed by atoms with Gasteiger partial charge in [0.1, 0.15) is 0 Å². The molecule has 0 bridgehead atoms. The van der Waals surface area contributed by atoms with Crippen LogP contribution < -0.4 is 25.7 Å². The van der Waals surface area contributed by atoms with E-state index in [9.17, 15) is 4.79 Å². The summed E-state index contributed by atoms with van der Waals surface area (Å²) in [6, 6.07) is 6.70. The molecule has 0 saturated carbocycles. The van der Waals surface area contributed by atoms with Crippen LogP contribution in [0.5, 0.6) is 11.5 Å². The van der Waals surface area contributed by atoms with Gasteiger partial charge in [0.2, 0.25) is 0 Å². The maximum absolute atomic E-state index is 10.6. The van der Waals surface area contributed by atoms with E-state index in [0.29, 0.717) is 19.8 Å². The van der Waals surface area contributed by atoms with Crippen molar-refractivity contribution < 1.29 is 14.3 Å². The van der Waals surface area contributed by atoms with Crippen molar-refractivity contribution in [1.29, 1.82) is 0 Å². The van der Waals surface area contributed by atoms with Gasteiger partial charge in [0.15, 0.2) is 11.5 Å². The van der Waals surface area contributed by atoms with Crippen LogP contribution in [0.3, 0.4) is 0 Å². The van der Waals surface area contributed by atoms with Crippen molar-refractivity contribution in [3.8, 4) is 11.5 Å². The van der Waals surface area contributed by atoms with Gasteiger partial charge < -0.3 is 20.5 Å². The molecule has 0 saturated heterocycles. The molecule has 0 aliphatic heterocycles. The summed E-state index contributed by atoms with van der Waals surface area (Å²) >= 11 is 0. The SMILES string of the molecule is CCOc1cccc([SiH2]CCCNC(N)=O)c1OCC. The van der Waals surface area contributed by atoms with E-state index in [1.165, 1.54) is 5.19 Å². The van der Waals surface area contributed by atoms with E-state index in [2.05, 4.69) is 11.4 Å². The smallest absolute Gasteiger partial charge is 0.312 e. The van der Waals surface area contributed by atoms with Gasteiger partial charge in [0.05, 0.1) is 22.7 Å². The number of nitrogens with two attached hydrogens (primary N) is 1. The molecule has 0 fully saturated rings. The highest BCUT2D eigenvalue weighted by atomic mass is 28.2. The van der Waals surface area contributed by atoms with Crippen LogP contribution in [-0.4, -0.2) is 35.3 Å². The third-order valence-corrected chi connectivity index (χ3v) is 4.77. The van der Waals surface area contributed by atoms with Gasteiger partial charge in [0.25, 0.3) is 0 Å². The van der Waals surface area contributed by atoms with Gasteiger partial charge in [-0.15, -0.1) is 0 Å². The van der Waals surface area contributed by atoms with E-state index in [-0.39, 0.29) is 0 Å². The topological polar surface area (TPSA) is 73.6 Å². The molecule has 0 atom stereocenters. The first-order valence-electron chi connectivity index (χ1n) is 7.09. The van der Waals surface area contributed by atoms with Crippen LogP contribution in [0.2, 0.25) is 6.04 Å². The number of rotatable bonds is 9. The fraction of sp³-hybridized carbons (Fsp3) is 0.500. The number of hydrogen-bond donors (Lipinski definition) is 2. The molecular weight excluding hydrogens is 272 g/mol. The van der Waals surface area contributed by atoms with Crippen molar-refractivity contribution in [3.05, 3.63) is 18.2 Å². The van der Waals surface area contributed by atoms with E-state index < -0.39 is 15.6 Å². The molecular formula is C14H24N2O3Si. The lowest BCUT2D eigenvalue weighted by atomic mass is 10.3. The van der Waals surface area contributed by atoms with Crippen LogP contribution in [0.1, 0.15) is 20.3 Å². The molecule has 3 N–H and O–H groups in total. The van der Waals surface area contributed by atoms with Crippen molar-refractivity contribution in [2.75, 3.05) is 19.8 Å². The Bertz CT molecular complexity index is 427. The number of nitrogens with one attached hydrogen (secondary N) is 1. The molecule has 0 unspecified atom stereocenters. The van der Waals surface area contributed by atoms with Crippen LogP contribution >= 0.6 is 0 Å². The minimum absolute atomic E-state index is 0.441. The second-order valence-electron chi connectivity index (χ2n) is 4.36. The maximum atomic E-state index is 10.6. The second kappa shape index (κ2) is 9.25. The van der Waals surface area contributed by atoms with E-state index >= 15 is 0 Å². The largest absolute Gasteiger partial charge is 0.490 e. The Hall–Kier alpha value is -1.69. The van der Waals surface area contributed by atoms with Crippen LogP contribution in [0, 0.1) is 0 Å². The van der Waals surface area contributed by atoms with E-state index in [1.54, 1.807) is 0 Å². The summed E-state index contributed by atoms with van der Waals surface area (Å²) in [6.45, 7) is 5.85. The minimum atomic E-state index is -0.458. The number of hydrogen-bond acceptors (Lipinski definition) is 3. The number of primary amides is 1. The van der Waals surface area contributed by atoms with Crippen molar-refractivity contribution in [2.24, 2.45) is 5.73 Å². The Morgan fingerprint density at radius 2 is 2.05 bits per heavy atom. The van der Waals surface area contributed by atoms with Gasteiger partial charge >= 0.3 is 6.03 Å². The minimum Gasteiger partial charge on any atom is -0.490 e. The van der Waals surface area contributed by atoms with Crippen molar-refractivity contribution in [3.63, 3.8) is 0 Å². The zero-order valence-corrected chi connectivity index (χ0v) is 13.7. The summed E-state index contributed by atoms with van der Waals surface area (Å²) in [4.78, 5) is 10.6. The van der Waals surface area contributed by atoms with E-state index in [4.69, 9.17) is 15.2 Å². The van der Waals surface area contributed by atoms with Crippen LogP contribution in [0.15, 0.2) is 18.2 Å². The van der Waals surface area contributed by atoms with Gasteiger partial charge in [-0.25, -0.2) is 4.79 Å². The summed E-state index contributed by atoms with van der Waals surface area (Å²) in [5, 5.41) is 3.88. The molecule has 0 aliphatic rings. The molecule has 2 amide bonds. The highest BCUT2D eigenvalue weighted by Crippen LogP contribution is 2.24. The molecule has 0 aromatic heterocycles. The number of para-hydroxylation sites is 1. The Morgan fingerprint density at radius 1 is 1.30 bits per heavy atom. The lowest BCUT2D eigenvalue weighted by molar-refractivity contribution is 0.249. The molecule has 6 heteroatoms. The molecule has 0 aliphatic carbocycles.